The fraction of sp³-hybridized carbons (Fsp3) is 1.00. The minimum Gasteiger partial charge on any atom is -0.312 e. The third kappa shape index (κ3) is 3.41. The molecular weight excluding hydrogens is 187 g/mol. The summed E-state index contributed by atoms with van der Waals surface area (Å²) in [5, 5.41) is 0. The van der Waals surface area contributed by atoms with Gasteiger partial charge in [-0.2, -0.15) is 0 Å². The van der Waals surface area contributed by atoms with Crippen LogP contribution in [0, 0.1) is 5.92 Å². The van der Waals surface area contributed by atoms with Gasteiger partial charge >= 0.3 is 7.60 Å². The average Bonchev–Trinajstić information content (AvgIpc) is 2.09. The molecule has 0 aromatic carbocycles. The normalized spacial score (nSPS) is 34.1. The molecule has 13 heavy (non-hydrogen) atoms. The van der Waals surface area contributed by atoms with E-state index in [1.807, 2.05) is 0 Å². The summed E-state index contributed by atoms with van der Waals surface area (Å²) in [7, 11) is -1.34. The van der Waals surface area contributed by atoms with Gasteiger partial charge in [0.15, 0.2) is 0 Å². The molecule has 0 aromatic rings. The summed E-state index contributed by atoms with van der Waals surface area (Å²) in [6, 6.07) is 0. The molecule has 1 fully saturated rings. The molecule has 3 unspecified atom stereocenters. The molecule has 1 rings (SSSR count). The third-order valence-corrected chi connectivity index (χ3v) is 4.01. The zero-order valence-electron chi connectivity index (χ0n) is 8.66. The Kier molecular flexibility index (Phi) is 3.96. The second-order valence-corrected chi connectivity index (χ2v) is 5.98. The van der Waals surface area contributed by atoms with E-state index in [0.717, 1.165) is 6.42 Å². The summed E-state index contributed by atoms with van der Waals surface area (Å²) in [6.45, 7) is 3.69. The molecule has 0 aliphatic heterocycles. The Balaban J connectivity index is 2.47. The maximum Gasteiger partial charge on any atom is 0.327 e. The molecule has 1 aliphatic rings. The van der Waals surface area contributed by atoms with Crippen LogP contribution in [-0.2, 0) is 13.6 Å². The van der Waals surface area contributed by atoms with Gasteiger partial charge in [0.1, 0.15) is 0 Å². The van der Waals surface area contributed by atoms with Crippen LogP contribution in [0.25, 0.3) is 0 Å². The van der Waals surface area contributed by atoms with Gasteiger partial charge in [-0.25, -0.2) is 0 Å². The molecule has 1 aliphatic carbocycles. The van der Waals surface area contributed by atoms with Gasteiger partial charge in [-0.15, -0.1) is 0 Å². The molecule has 0 aromatic heterocycles. The molecule has 78 valence electrons. The van der Waals surface area contributed by atoms with Crippen molar-refractivity contribution >= 4 is 7.60 Å². The highest BCUT2D eigenvalue weighted by atomic mass is 31.2. The van der Waals surface area contributed by atoms with Crippen LogP contribution in [0.2, 0.25) is 0 Å². The largest absolute Gasteiger partial charge is 0.327 e. The van der Waals surface area contributed by atoms with Crippen LogP contribution in [0.1, 0.15) is 32.6 Å². The molecule has 0 amide bonds. The van der Waals surface area contributed by atoms with E-state index in [2.05, 4.69) is 6.92 Å². The smallest absolute Gasteiger partial charge is 0.312 e. The van der Waals surface area contributed by atoms with Crippen LogP contribution < -0.4 is 0 Å². The van der Waals surface area contributed by atoms with E-state index in [0.29, 0.717) is 5.92 Å². The molecule has 4 heteroatoms. The van der Waals surface area contributed by atoms with Gasteiger partial charge in [-0.05, 0) is 18.8 Å². The van der Waals surface area contributed by atoms with E-state index in [-0.39, 0.29) is 6.10 Å². The van der Waals surface area contributed by atoms with Crippen LogP contribution in [0.5, 0.6) is 0 Å². The van der Waals surface area contributed by atoms with Crippen LogP contribution >= 0.6 is 7.60 Å². The first-order valence-electron chi connectivity index (χ1n) is 4.87. The van der Waals surface area contributed by atoms with Gasteiger partial charge in [-0.1, -0.05) is 19.8 Å². The Labute approximate surface area is 80.3 Å². The van der Waals surface area contributed by atoms with Gasteiger partial charge in [0.2, 0.25) is 0 Å². The highest BCUT2D eigenvalue weighted by Crippen LogP contribution is 2.47. The van der Waals surface area contributed by atoms with E-state index in [1.54, 1.807) is 0 Å². The lowest BCUT2D eigenvalue weighted by molar-refractivity contribution is 0.0853. The molecule has 0 heterocycles. The van der Waals surface area contributed by atoms with E-state index in [4.69, 9.17) is 9.05 Å². The second kappa shape index (κ2) is 4.59. The van der Waals surface area contributed by atoms with Gasteiger partial charge in [0.25, 0.3) is 0 Å². The summed E-state index contributed by atoms with van der Waals surface area (Å²) >= 11 is 0. The second-order valence-electron chi connectivity index (χ2n) is 3.86. The quantitative estimate of drug-likeness (QED) is 0.666. The molecule has 0 bridgehead atoms. The Hall–Kier alpha value is 0.150. The predicted molar refractivity (Wildman–Crippen MR) is 53.0 cm³/mol. The number of rotatable bonds is 3. The standard InChI is InChI=1S/C9H19O3P/c1-8-6-4-5-7-9(8)12-13(3,10)11-2/h8-9H,4-7H2,1-3H3. The first-order valence-corrected chi connectivity index (χ1v) is 6.86. The SMILES string of the molecule is COP(C)(=O)OC1CCCCC1C. The minimum absolute atomic E-state index is 0.129. The van der Waals surface area contributed by atoms with Crippen molar-refractivity contribution in [2.45, 2.75) is 38.7 Å². The first kappa shape index (κ1) is 11.2. The lowest BCUT2D eigenvalue weighted by Gasteiger charge is -2.30. The number of hydrogen-bond acceptors (Lipinski definition) is 3. The van der Waals surface area contributed by atoms with Gasteiger partial charge < -0.3 is 9.05 Å². The van der Waals surface area contributed by atoms with Crippen LogP contribution in [0.3, 0.4) is 0 Å². The summed E-state index contributed by atoms with van der Waals surface area (Å²) in [4.78, 5) is 0. The highest BCUT2D eigenvalue weighted by Gasteiger charge is 2.28. The summed E-state index contributed by atoms with van der Waals surface area (Å²) in [5.74, 6) is 0.511. The number of hydrogen-bond donors (Lipinski definition) is 0. The topological polar surface area (TPSA) is 35.5 Å². The van der Waals surface area contributed by atoms with Crippen molar-refractivity contribution in [2.75, 3.05) is 13.8 Å². The van der Waals surface area contributed by atoms with Crippen molar-refractivity contribution in [2.24, 2.45) is 5.92 Å². The highest BCUT2D eigenvalue weighted by molar-refractivity contribution is 7.52. The van der Waals surface area contributed by atoms with E-state index in [9.17, 15) is 4.57 Å². The van der Waals surface area contributed by atoms with Gasteiger partial charge in [-0.3, -0.25) is 4.57 Å². The van der Waals surface area contributed by atoms with Gasteiger partial charge in [0, 0.05) is 13.8 Å². The van der Waals surface area contributed by atoms with E-state index in [1.165, 1.54) is 33.0 Å². The summed E-state index contributed by atoms with van der Waals surface area (Å²) in [5.41, 5.74) is 0. The molecule has 0 radical (unpaired) electrons. The lowest BCUT2D eigenvalue weighted by Crippen LogP contribution is -2.24. The average molecular weight is 206 g/mol. The Morgan fingerprint density at radius 1 is 1.31 bits per heavy atom. The first-order chi connectivity index (χ1) is 6.05. The summed E-state index contributed by atoms with van der Waals surface area (Å²) in [6.07, 6.45) is 4.77. The zero-order valence-corrected chi connectivity index (χ0v) is 9.55. The minimum atomic E-state index is -2.78. The van der Waals surface area contributed by atoms with Crippen molar-refractivity contribution in [1.82, 2.24) is 0 Å². The monoisotopic (exact) mass is 206 g/mol. The maximum atomic E-state index is 11.6. The zero-order chi connectivity index (χ0) is 9.90. The maximum absolute atomic E-state index is 11.6. The third-order valence-electron chi connectivity index (χ3n) is 2.69. The molecular formula is C9H19O3P. The Morgan fingerprint density at radius 3 is 2.46 bits per heavy atom. The van der Waals surface area contributed by atoms with Crippen molar-refractivity contribution in [3.63, 3.8) is 0 Å². The van der Waals surface area contributed by atoms with E-state index < -0.39 is 7.60 Å². The predicted octanol–water partition coefficient (Wildman–Crippen LogP) is 3.05. The fourth-order valence-electron chi connectivity index (χ4n) is 1.73. The Morgan fingerprint density at radius 2 is 1.92 bits per heavy atom. The summed E-state index contributed by atoms with van der Waals surface area (Å²) < 4.78 is 21.8. The Bertz CT molecular complexity index is 205. The van der Waals surface area contributed by atoms with Crippen LogP contribution in [-0.4, -0.2) is 19.9 Å². The van der Waals surface area contributed by atoms with Crippen molar-refractivity contribution in [3.05, 3.63) is 0 Å². The van der Waals surface area contributed by atoms with Crippen molar-refractivity contribution in [1.29, 1.82) is 0 Å². The molecule has 1 saturated carbocycles. The molecule has 0 spiro atoms. The van der Waals surface area contributed by atoms with Crippen LogP contribution in [0.15, 0.2) is 0 Å². The molecule has 0 saturated heterocycles. The molecule has 3 atom stereocenters. The fourth-order valence-corrected chi connectivity index (χ4v) is 2.62. The van der Waals surface area contributed by atoms with Crippen molar-refractivity contribution in [3.8, 4) is 0 Å². The molecule has 0 N–H and O–H groups in total. The molecule has 3 nitrogen and oxygen atoms in total. The van der Waals surface area contributed by atoms with Crippen molar-refractivity contribution < 1.29 is 13.6 Å². The van der Waals surface area contributed by atoms with Crippen LogP contribution in [0.4, 0.5) is 0 Å². The van der Waals surface area contributed by atoms with E-state index >= 15 is 0 Å². The lowest BCUT2D eigenvalue weighted by atomic mass is 9.88. The van der Waals surface area contributed by atoms with Gasteiger partial charge in [0.05, 0.1) is 6.10 Å².